The van der Waals surface area contributed by atoms with Crippen LogP contribution >= 0.6 is 0 Å². The standard InChI is InChI=1S/C11H10FNO2/c1-6-3-4-8(12)5-9(6)10-11(14)7(2)15-13-10/h3-5,14H,1-2H3. The predicted octanol–water partition coefficient (Wildman–Crippen LogP) is 2.80. The van der Waals surface area contributed by atoms with Gasteiger partial charge in [-0.2, -0.15) is 0 Å². The minimum Gasteiger partial charge on any atom is -0.503 e. The molecule has 2 aromatic rings. The monoisotopic (exact) mass is 207 g/mol. The van der Waals surface area contributed by atoms with E-state index >= 15 is 0 Å². The normalized spacial score (nSPS) is 10.6. The van der Waals surface area contributed by atoms with Crippen LogP contribution in [0.4, 0.5) is 4.39 Å². The van der Waals surface area contributed by atoms with E-state index in [0.717, 1.165) is 5.56 Å². The average molecular weight is 207 g/mol. The maximum atomic E-state index is 13.0. The van der Waals surface area contributed by atoms with Crippen molar-refractivity contribution in [1.82, 2.24) is 5.16 Å². The Hall–Kier alpha value is -1.84. The molecule has 0 radical (unpaired) electrons. The first-order chi connectivity index (χ1) is 7.09. The quantitative estimate of drug-likeness (QED) is 0.782. The second-order valence-corrected chi connectivity index (χ2v) is 3.40. The summed E-state index contributed by atoms with van der Waals surface area (Å²) < 4.78 is 17.9. The summed E-state index contributed by atoms with van der Waals surface area (Å²) in [5.41, 5.74) is 1.66. The van der Waals surface area contributed by atoms with Gasteiger partial charge in [0.15, 0.2) is 17.2 Å². The van der Waals surface area contributed by atoms with E-state index in [1.54, 1.807) is 13.0 Å². The summed E-state index contributed by atoms with van der Waals surface area (Å²) in [6.45, 7) is 3.42. The average Bonchev–Trinajstić information content (AvgIpc) is 2.52. The summed E-state index contributed by atoms with van der Waals surface area (Å²) in [5.74, 6) is -0.0759. The number of hydrogen-bond donors (Lipinski definition) is 1. The van der Waals surface area contributed by atoms with Gasteiger partial charge in [-0.1, -0.05) is 11.2 Å². The molecule has 0 saturated heterocycles. The summed E-state index contributed by atoms with van der Waals surface area (Å²) in [5, 5.41) is 13.3. The number of benzene rings is 1. The predicted molar refractivity (Wildman–Crippen MR) is 53.0 cm³/mol. The number of aromatic nitrogens is 1. The SMILES string of the molecule is Cc1ccc(F)cc1-c1noc(C)c1O. The smallest absolute Gasteiger partial charge is 0.186 e. The number of rotatable bonds is 1. The first kappa shape index (κ1) is 9.71. The summed E-state index contributed by atoms with van der Waals surface area (Å²) in [6, 6.07) is 4.32. The van der Waals surface area contributed by atoms with E-state index in [-0.39, 0.29) is 17.3 Å². The molecule has 0 bridgehead atoms. The first-order valence-corrected chi connectivity index (χ1v) is 4.51. The molecular weight excluding hydrogens is 197 g/mol. The minimum atomic E-state index is -0.365. The van der Waals surface area contributed by atoms with Gasteiger partial charge in [-0.25, -0.2) is 4.39 Å². The van der Waals surface area contributed by atoms with Gasteiger partial charge in [0, 0.05) is 12.5 Å². The fourth-order valence-electron chi connectivity index (χ4n) is 1.39. The second-order valence-electron chi connectivity index (χ2n) is 3.40. The molecule has 0 atom stereocenters. The molecule has 1 aromatic heterocycles. The van der Waals surface area contributed by atoms with Crippen molar-refractivity contribution in [2.75, 3.05) is 0 Å². The molecule has 1 heterocycles. The second kappa shape index (κ2) is 3.38. The fourth-order valence-corrected chi connectivity index (χ4v) is 1.39. The third-order valence-corrected chi connectivity index (χ3v) is 2.29. The van der Waals surface area contributed by atoms with Gasteiger partial charge in [0.2, 0.25) is 0 Å². The molecule has 0 aliphatic heterocycles. The summed E-state index contributed by atoms with van der Waals surface area (Å²) in [6.07, 6.45) is 0. The van der Waals surface area contributed by atoms with Crippen LogP contribution in [0.15, 0.2) is 22.7 Å². The Morgan fingerprint density at radius 2 is 2.07 bits per heavy atom. The molecule has 0 aliphatic rings. The number of nitrogens with zero attached hydrogens (tertiary/aromatic N) is 1. The molecule has 1 aromatic carbocycles. The van der Waals surface area contributed by atoms with Gasteiger partial charge in [0.1, 0.15) is 5.82 Å². The molecule has 0 saturated carbocycles. The zero-order chi connectivity index (χ0) is 11.0. The summed E-state index contributed by atoms with van der Waals surface area (Å²) in [7, 11) is 0. The highest BCUT2D eigenvalue weighted by molar-refractivity contribution is 5.69. The van der Waals surface area contributed by atoms with E-state index in [1.165, 1.54) is 12.1 Å². The molecule has 2 rings (SSSR count). The van der Waals surface area contributed by atoms with Gasteiger partial charge in [0.25, 0.3) is 0 Å². The van der Waals surface area contributed by atoms with Crippen LogP contribution in [-0.2, 0) is 0 Å². The van der Waals surface area contributed by atoms with Crippen molar-refractivity contribution >= 4 is 0 Å². The summed E-state index contributed by atoms with van der Waals surface area (Å²) >= 11 is 0. The van der Waals surface area contributed by atoms with Crippen LogP contribution in [0.1, 0.15) is 11.3 Å². The first-order valence-electron chi connectivity index (χ1n) is 4.51. The molecule has 0 fully saturated rings. The largest absolute Gasteiger partial charge is 0.503 e. The maximum Gasteiger partial charge on any atom is 0.186 e. The molecule has 3 nitrogen and oxygen atoms in total. The van der Waals surface area contributed by atoms with E-state index in [2.05, 4.69) is 5.16 Å². The van der Waals surface area contributed by atoms with Gasteiger partial charge in [-0.05, 0) is 24.6 Å². The van der Waals surface area contributed by atoms with E-state index in [9.17, 15) is 9.50 Å². The molecule has 0 spiro atoms. The molecule has 0 amide bonds. The maximum absolute atomic E-state index is 13.0. The van der Waals surface area contributed by atoms with Crippen LogP contribution in [0.5, 0.6) is 5.75 Å². The molecule has 1 N–H and O–H groups in total. The van der Waals surface area contributed by atoms with E-state index in [0.29, 0.717) is 11.3 Å². The molecular formula is C11H10FNO2. The molecule has 0 aliphatic carbocycles. The van der Waals surface area contributed by atoms with Crippen molar-refractivity contribution in [3.05, 3.63) is 35.3 Å². The Morgan fingerprint density at radius 1 is 1.33 bits per heavy atom. The number of halogens is 1. The Morgan fingerprint density at radius 3 is 2.67 bits per heavy atom. The number of hydrogen-bond acceptors (Lipinski definition) is 3. The van der Waals surface area contributed by atoms with Gasteiger partial charge in [-0.15, -0.1) is 0 Å². The number of aromatic hydroxyl groups is 1. The van der Waals surface area contributed by atoms with Crippen LogP contribution in [0.25, 0.3) is 11.3 Å². The van der Waals surface area contributed by atoms with Crippen molar-refractivity contribution in [2.24, 2.45) is 0 Å². The Bertz CT molecular complexity index is 505. The molecule has 78 valence electrons. The lowest BCUT2D eigenvalue weighted by molar-refractivity contribution is 0.384. The lowest BCUT2D eigenvalue weighted by Crippen LogP contribution is -1.85. The van der Waals surface area contributed by atoms with Crippen molar-refractivity contribution in [3.8, 4) is 17.0 Å². The van der Waals surface area contributed by atoms with Crippen molar-refractivity contribution in [3.63, 3.8) is 0 Å². The zero-order valence-electron chi connectivity index (χ0n) is 8.41. The zero-order valence-corrected chi connectivity index (χ0v) is 8.41. The third-order valence-electron chi connectivity index (χ3n) is 2.29. The van der Waals surface area contributed by atoms with Crippen molar-refractivity contribution < 1.29 is 14.0 Å². The minimum absolute atomic E-state index is 0.0382. The van der Waals surface area contributed by atoms with E-state index < -0.39 is 0 Å². The summed E-state index contributed by atoms with van der Waals surface area (Å²) in [4.78, 5) is 0. The lowest BCUT2D eigenvalue weighted by atomic mass is 10.0. The van der Waals surface area contributed by atoms with Crippen LogP contribution in [0.2, 0.25) is 0 Å². The molecule has 15 heavy (non-hydrogen) atoms. The van der Waals surface area contributed by atoms with Gasteiger partial charge in [-0.3, -0.25) is 0 Å². The number of aryl methyl sites for hydroxylation is 2. The van der Waals surface area contributed by atoms with Crippen LogP contribution in [0, 0.1) is 19.7 Å². The van der Waals surface area contributed by atoms with Crippen LogP contribution in [0.3, 0.4) is 0 Å². The Kier molecular flexibility index (Phi) is 2.19. The highest BCUT2D eigenvalue weighted by Gasteiger charge is 2.15. The van der Waals surface area contributed by atoms with E-state index in [1.807, 2.05) is 6.92 Å². The van der Waals surface area contributed by atoms with Gasteiger partial charge in [0.05, 0.1) is 0 Å². The van der Waals surface area contributed by atoms with Gasteiger partial charge < -0.3 is 9.63 Å². The van der Waals surface area contributed by atoms with Crippen LogP contribution < -0.4 is 0 Å². The van der Waals surface area contributed by atoms with Crippen molar-refractivity contribution in [1.29, 1.82) is 0 Å². The highest BCUT2D eigenvalue weighted by atomic mass is 19.1. The Balaban J connectivity index is 2.63. The van der Waals surface area contributed by atoms with Crippen LogP contribution in [-0.4, -0.2) is 10.3 Å². The van der Waals surface area contributed by atoms with Crippen molar-refractivity contribution in [2.45, 2.75) is 13.8 Å². The third kappa shape index (κ3) is 1.58. The topological polar surface area (TPSA) is 46.3 Å². The fraction of sp³-hybridized carbons (Fsp3) is 0.182. The van der Waals surface area contributed by atoms with Gasteiger partial charge >= 0.3 is 0 Å². The lowest BCUT2D eigenvalue weighted by Gasteiger charge is -2.01. The Labute approximate surface area is 86.1 Å². The van der Waals surface area contributed by atoms with E-state index in [4.69, 9.17) is 4.52 Å². The molecule has 4 heteroatoms. The molecule has 0 unspecified atom stereocenters. The highest BCUT2D eigenvalue weighted by Crippen LogP contribution is 2.33.